The van der Waals surface area contributed by atoms with Crippen molar-refractivity contribution < 1.29 is 4.74 Å². The summed E-state index contributed by atoms with van der Waals surface area (Å²) in [6.07, 6.45) is 0. The predicted molar refractivity (Wildman–Crippen MR) is 121 cm³/mol. The lowest BCUT2D eigenvalue weighted by Gasteiger charge is -2.11. The Bertz CT molecular complexity index is 1120. The molecule has 0 amide bonds. The maximum Gasteiger partial charge on any atom is 0.143 e. The van der Waals surface area contributed by atoms with E-state index in [2.05, 4.69) is 45.3 Å². The summed E-state index contributed by atoms with van der Waals surface area (Å²) in [4.78, 5) is 11.6. The summed E-state index contributed by atoms with van der Waals surface area (Å²) in [7, 11) is 0. The smallest absolute Gasteiger partial charge is 0.143 e. The molecule has 0 aliphatic heterocycles. The van der Waals surface area contributed by atoms with E-state index in [1.807, 2.05) is 50.2 Å². The highest BCUT2D eigenvalue weighted by Crippen LogP contribution is 2.41. The summed E-state index contributed by atoms with van der Waals surface area (Å²) >= 11 is 5.18. The van der Waals surface area contributed by atoms with E-state index < -0.39 is 0 Å². The fourth-order valence-corrected chi connectivity index (χ4v) is 4.57. The molecule has 0 unspecified atom stereocenters. The van der Waals surface area contributed by atoms with Crippen molar-refractivity contribution in [3.8, 4) is 16.9 Å². The van der Waals surface area contributed by atoms with Gasteiger partial charge >= 0.3 is 0 Å². The van der Waals surface area contributed by atoms with Crippen LogP contribution in [0.3, 0.4) is 0 Å². The largest absolute Gasteiger partial charge is 0.494 e. The van der Waals surface area contributed by atoms with Crippen molar-refractivity contribution in [2.45, 2.75) is 20.8 Å². The highest BCUT2D eigenvalue weighted by Gasteiger charge is 2.18. The van der Waals surface area contributed by atoms with Crippen LogP contribution in [0.15, 0.2) is 53.0 Å². The van der Waals surface area contributed by atoms with Gasteiger partial charge in [0.2, 0.25) is 0 Å². The third-order valence-electron chi connectivity index (χ3n) is 4.40. The van der Waals surface area contributed by atoms with Crippen LogP contribution in [0.25, 0.3) is 21.3 Å². The number of aryl methyl sites for hydroxylation is 2. The number of fused-ring (bicyclic) bond motifs is 1. The average molecular weight is 454 g/mol. The van der Waals surface area contributed by atoms with E-state index in [9.17, 15) is 0 Å². The molecule has 2 aromatic carbocycles. The maximum absolute atomic E-state index is 5.59. The maximum atomic E-state index is 5.59. The lowest BCUT2D eigenvalue weighted by molar-refractivity contribution is 0.340. The summed E-state index contributed by atoms with van der Waals surface area (Å²) in [5.74, 6) is 2.47. The lowest BCUT2D eigenvalue weighted by atomic mass is 10.0. The second-order valence-corrected chi connectivity index (χ2v) is 8.54. The molecule has 1 N–H and O–H groups in total. The second kappa shape index (κ2) is 7.89. The molecule has 0 spiro atoms. The minimum Gasteiger partial charge on any atom is -0.494 e. The van der Waals surface area contributed by atoms with Gasteiger partial charge in [0.25, 0.3) is 0 Å². The molecule has 0 aliphatic rings. The third-order valence-corrected chi connectivity index (χ3v) is 5.93. The molecule has 4 nitrogen and oxygen atoms in total. The zero-order chi connectivity index (χ0) is 19.7. The van der Waals surface area contributed by atoms with E-state index in [0.717, 1.165) is 43.3 Å². The summed E-state index contributed by atoms with van der Waals surface area (Å²) in [5, 5.41) is 4.54. The number of aromatic nitrogens is 2. The molecular formula is C22H20BrN3OS. The molecule has 0 saturated carbocycles. The van der Waals surface area contributed by atoms with Gasteiger partial charge in [-0.2, -0.15) is 0 Å². The molecule has 0 bridgehead atoms. The fraction of sp³-hybridized carbons (Fsp3) is 0.182. The Morgan fingerprint density at radius 2 is 1.71 bits per heavy atom. The zero-order valence-corrected chi connectivity index (χ0v) is 18.3. The van der Waals surface area contributed by atoms with Gasteiger partial charge in [-0.1, -0.05) is 28.1 Å². The number of ether oxygens (including phenoxy) is 1. The van der Waals surface area contributed by atoms with E-state index in [1.54, 1.807) is 11.3 Å². The van der Waals surface area contributed by atoms with Gasteiger partial charge in [0.05, 0.1) is 12.0 Å². The molecule has 28 heavy (non-hydrogen) atoms. The van der Waals surface area contributed by atoms with Gasteiger partial charge in [-0.05, 0) is 62.7 Å². The predicted octanol–water partition coefficient (Wildman–Crippen LogP) is 6.88. The van der Waals surface area contributed by atoms with E-state index in [0.29, 0.717) is 6.61 Å². The summed E-state index contributed by atoms with van der Waals surface area (Å²) in [6.45, 7) is 6.72. The number of rotatable bonds is 5. The minimum atomic E-state index is 0.661. The third kappa shape index (κ3) is 3.75. The first-order valence-corrected chi connectivity index (χ1v) is 10.7. The van der Waals surface area contributed by atoms with Crippen LogP contribution in [-0.4, -0.2) is 16.6 Å². The van der Waals surface area contributed by atoms with Crippen LogP contribution in [0.4, 0.5) is 11.5 Å². The molecule has 4 aromatic rings. The first kappa shape index (κ1) is 18.9. The normalized spacial score (nSPS) is 11.0. The molecule has 2 heterocycles. The number of thiophene rings is 1. The summed E-state index contributed by atoms with van der Waals surface area (Å²) in [6, 6.07) is 16.3. The number of hydrogen-bond acceptors (Lipinski definition) is 5. The van der Waals surface area contributed by atoms with E-state index >= 15 is 0 Å². The SMILES string of the molecule is CCOc1ccc(-c2c(C)sc3nc(C)nc(Nc4ccc(Br)cc4)c23)cc1. The molecule has 4 rings (SSSR count). The van der Waals surface area contributed by atoms with Crippen molar-refractivity contribution in [2.24, 2.45) is 0 Å². The molecule has 0 radical (unpaired) electrons. The minimum absolute atomic E-state index is 0.661. The highest BCUT2D eigenvalue weighted by molar-refractivity contribution is 9.10. The topological polar surface area (TPSA) is 47.0 Å². The zero-order valence-electron chi connectivity index (χ0n) is 15.9. The van der Waals surface area contributed by atoms with Crippen molar-refractivity contribution in [2.75, 3.05) is 11.9 Å². The Balaban J connectivity index is 1.84. The first-order chi connectivity index (χ1) is 13.5. The monoisotopic (exact) mass is 453 g/mol. The number of anilines is 2. The molecule has 6 heteroatoms. The van der Waals surface area contributed by atoms with E-state index in [4.69, 9.17) is 9.72 Å². The van der Waals surface area contributed by atoms with Crippen molar-refractivity contribution in [3.63, 3.8) is 0 Å². The molecule has 0 aliphatic carbocycles. The van der Waals surface area contributed by atoms with Crippen LogP contribution < -0.4 is 10.1 Å². The number of benzene rings is 2. The summed E-state index contributed by atoms with van der Waals surface area (Å²) < 4.78 is 6.63. The Hall–Kier alpha value is -2.44. The second-order valence-electron chi connectivity index (χ2n) is 6.42. The van der Waals surface area contributed by atoms with Gasteiger partial charge in [0.1, 0.15) is 22.2 Å². The summed E-state index contributed by atoms with van der Waals surface area (Å²) in [5.41, 5.74) is 3.30. The van der Waals surface area contributed by atoms with Crippen molar-refractivity contribution >= 4 is 49.0 Å². The lowest BCUT2D eigenvalue weighted by Crippen LogP contribution is -1.98. The number of hydrogen-bond donors (Lipinski definition) is 1. The fourth-order valence-electron chi connectivity index (χ4n) is 3.21. The molecule has 142 valence electrons. The van der Waals surface area contributed by atoms with E-state index in [-0.39, 0.29) is 0 Å². The Labute approximate surface area is 176 Å². The van der Waals surface area contributed by atoms with Gasteiger partial charge < -0.3 is 10.1 Å². The van der Waals surface area contributed by atoms with Gasteiger partial charge in [0, 0.05) is 20.6 Å². The molecule has 0 atom stereocenters. The number of nitrogens with one attached hydrogen (secondary N) is 1. The standard InChI is InChI=1S/C22H20BrN3OS/c1-4-27-18-11-5-15(6-12-18)19-13(2)28-22-20(19)21(24-14(3)25-22)26-17-9-7-16(23)8-10-17/h5-12H,4H2,1-3H3,(H,24,25,26). The van der Waals surface area contributed by atoms with Crippen LogP contribution in [0.5, 0.6) is 5.75 Å². The van der Waals surface area contributed by atoms with Crippen molar-refractivity contribution in [1.29, 1.82) is 0 Å². The average Bonchev–Trinajstić information content (AvgIpc) is 3.00. The van der Waals surface area contributed by atoms with Crippen LogP contribution in [0.1, 0.15) is 17.6 Å². The van der Waals surface area contributed by atoms with Crippen molar-refractivity contribution in [1.82, 2.24) is 9.97 Å². The Morgan fingerprint density at radius 1 is 1.00 bits per heavy atom. The van der Waals surface area contributed by atoms with Gasteiger partial charge in [-0.15, -0.1) is 11.3 Å². The molecular weight excluding hydrogens is 434 g/mol. The van der Waals surface area contributed by atoms with E-state index in [1.165, 1.54) is 10.4 Å². The first-order valence-electron chi connectivity index (χ1n) is 9.08. The molecule has 0 saturated heterocycles. The highest BCUT2D eigenvalue weighted by atomic mass is 79.9. The molecule has 2 aromatic heterocycles. The van der Waals surface area contributed by atoms with Crippen LogP contribution in [0, 0.1) is 13.8 Å². The van der Waals surface area contributed by atoms with Crippen LogP contribution in [-0.2, 0) is 0 Å². The molecule has 0 fully saturated rings. The van der Waals surface area contributed by atoms with Gasteiger partial charge in [0.15, 0.2) is 0 Å². The quantitative estimate of drug-likeness (QED) is 0.357. The Morgan fingerprint density at radius 3 is 2.39 bits per heavy atom. The number of halogens is 1. The Kier molecular flexibility index (Phi) is 5.33. The van der Waals surface area contributed by atoms with Crippen LogP contribution >= 0.6 is 27.3 Å². The number of nitrogens with zero attached hydrogens (tertiary/aromatic N) is 2. The van der Waals surface area contributed by atoms with Gasteiger partial charge in [-0.3, -0.25) is 0 Å². The van der Waals surface area contributed by atoms with Gasteiger partial charge in [-0.25, -0.2) is 9.97 Å². The van der Waals surface area contributed by atoms with Crippen molar-refractivity contribution in [3.05, 3.63) is 63.7 Å². The van der Waals surface area contributed by atoms with Crippen LogP contribution in [0.2, 0.25) is 0 Å².